The number of aromatic carboxylic acids is 1. The number of hydrogen-bond donors (Lipinski definition) is 3. The van der Waals surface area contributed by atoms with Crippen LogP contribution >= 0.6 is 0 Å². The molecule has 14 heavy (non-hydrogen) atoms. The molecule has 0 unspecified atom stereocenters. The molecule has 0 amide bonds. The van der Waals surface area contributed by atoms with E-state index in [2.05, 4.69) is 10.2 Å². The van der Waals surface area contributed by atoms with Gasteiger partial charge < -0.3 is 5.11 Å². The minimum Gasteiger partial charge on any atom is -0.478 e. The SMILES string of the molecule is O=C(O)c1cc(F)c2c(=O)[nH][nH]c2c1. The van der Waals surface area contributed by atoms with Gasteiger partial charge in [0.05, 0.1) is 11.1 Å². The quantitative estimate of drug-likeness (QED) is 0.627. The molecule has 0 atom stereocenters. The van der Waals surface area contributed by atoms with Crippen LogP contribution in [-0.4, -0.2) is 21.3 Å². The Morgan fingerprint density at radius 3 is 2.71 bits per heavy atom. The Bertz CT molecular complexity index is 569. The number of carboxylic acid groups (broad SMARTS) is 1. The molecule has 1 heterocycles. The van der Waals surface area contributed by atoms with Crippen molar-refractivity contribution in [2.24, 2.45) is 0 Å². The lowest BCUT2D eigenvalue weighted by Gasteiger charge is -1.95. The molecule has 0 saturated carbocycles. The summed E-state index contributed by atoms with van der Waals surface area (Å²) in [6.07, 6.45) is 0. The van der Waals surface area contributed by atoms with Gasteiger partial charge in [-0.1, -0.05) is 0 Å². The first-order chi connectivity index (χ1) is 6.59. The van der Waals surface area contributed by atoms with Gasteiger partial charge in [-0.15, -0.1) is 0 Å². The summed E-state index contributed by atoms with van der Waals surface area (Å²) in [5.74, 6) is -2.09. The Morgan fingerprint density at radius 1 is 1.36 bits per heavy atom. The van der Waals surface area contributed by atoms with Gasteiger partial charge in [-0.3, -0.25) is 15.0 Å². The average Bonchev–Trinajstić information content (AvgIpc) is 2.48. The van der Waals surface area contributed by atoms with Crippen LogP contribution < -0.4 is 5.56 Å². The molecule has 72 valence electrons. The van der Waals surface area contributed by atoms with Gasteiger partial charge in [-0.25, -0.2) is 9.18 Å². The highest BCUT2D eigenvalue weighted by molar-refractivity contribution is 5.93. The van der Waals surface area contributed by atoms with E-state index in [1.54, 1.807) is 0 Å². The number of carbonyl (C=O) groups is 1. The fourth-order valence-electron chi connectivity index (χ4n) is 1.25. The third-order valence-corrected chi connectivity index (χ3v) is 1.87. The van der Waals surface area contributed by atoms with Gasteiger partial charge in [0.2, 0.25) is 0 Å². The monoisotopic (exact) mass is 196 g/mol. The van der Waals surface area contributed by atoms with Gasteiger partial charge in [0.15, 0.2) is 0 Å². The van der Waals surface area contributed by atoms with Crippen molar-refractivity contribution >= 4 is 16.9 Å². The van der Waals surface area contributed by atoms with Crippen LogP contribution in [0.4, 0.5) is 4.39 Å². The van der Waals surface area contributed by atoms with Crippen molar-refractivity contribution in [1.82, 2.24) is 10.2 Å². The smallest absolute Gasteiger partial charge is 0.335 e. The number of rotatable bonds is 1. The summed E-state index contributed by atoms with van der Waals surface area (Å²) in [6, 6.07) is 2.01. The molecular formula is C8H5FN2O3. The number of halogens is 1. The summed E-state index contributed by atoms with van der Waals surface area (Å²) in [5.41, 5.74) is -0.660. The Kier molecular flexibility index (Phi) is 1.63. The Morgan fingerprint density at radius 2 is 2.07 bits per heavy atom. The third kappa shape index (κ3) is 1.08. The van der Waals surface area contributed by atoms with E-state index in [4.69, 9.17) is 5.11 Å². The standard InChI is InChI=1S/C8H5FN2O3/c9-4-1-3(8(13)14)2-5-6(4)7(12)11-10-5/h1-2H,(H,13,14)(H2,10,11,12). The first kappa shape index (κ1) is 8.49. The van der Waals surface area contributed by atoms with Gasteiger partial charge >= 0.3 is 5.97 Å². The fraction of sp³-hybridized carbons (Fsp3) is 0. The third-order valence-electron chi connectivity index (χ3n) is 1.87. The number of benzene rings is 1. The predicted molar refractivity (Wildman–Crippen MR) is 45.8 cm³/mol. The second-order valence-electron chi connectivity index (χ2n) is 2.76. The lowest BCUT2D eigenvalue weighted by atomic mass is 10.1. The maximum absolute atomic E-state index is 13.2. The van der Waals surface area contributed by atoms with E-state index in [0.717, 1.165) is 6.07 Å². The molecule has 3 N–H and O–H groups in total. The second-order valence-corrected chi connectivity index (χ2v) is 2.76. The highest BCUT2D eigenvalue weighted by Gasteiger charge is 2.12. The van der Waals surface area contributed by atoms with Crippen molar-refractivity contribution in [2.45, 2.75) is 0 Å². The average molecular weight is 196 g/mol. The number of aromatic nitrogens is 2. The molecule has 2 aromatic rings. The maximum atomic E-state index is 13.2. The molecule has 0 bridgehead atoms. The number of aromatic amines is 2. The summed E-state index contributed by atoms with van der Waals surface area (Å²) < 4.78 is 13.2. The molecule has 0 aliphatic carbocycles. The molecule has 0 spiro atoms. The van der Waals surface area contributed by atoms with E-state index < -0.39 is 17.3 Å². The van der Waals surface area contributed by atoms with Crippen LogP contribution in [0.15, 0.2) is 16.9 Å². The van der Waals surface area contributed by atoms with Crippen LogP contribution in [0.2, 0.25) is 0 Å². The molecule has 0 aliphatic rings. The van der Waals surface area contributed by atoms with Gasteiger partial charge in [0, 0.05) is 0 Å². The largest absolute Gasteiger partial charge is 0.478 e. The summed E-state index contributed by atoms with van der Waals surface area (Å²) in [7, 11) is 0. The molecule has 6 heteroatoms. The van der Waals surface area contributed by atoms with Crippen molar-refractivity contribution in [3.8, 4) is 0 Å². The lowest BCUT2D eigenvalue weighted by molar-refractivity contribution is 0.0696. The van der Waals surface area contributed by atoms with Crippen LogP contribution in [0.25, 0.3) is 10.9 Å². The van der Waals surface area contributed by atoms with E-state index in [9.17, 15) is 14.0 Å². The maximum Gasteiger partial charge on any atom is 0.335 e. The molecule has 0 aliphatic heterocycles. The first-order valence-corrected chi connectivity index (χ1v) is 3.73. The molecule has 0 radical (unpaired) electrons. The minimum atomic E-state index is -1.24. The van der Waals surface area contributed by atoms with Crippen molar-refractivity contribution in [2.75, 3.05) is 0 Å². The summed E-state index contributed by atoms with van der Waals surface area (Å²) in [6.45, 7) is 0. The molecule has 2 rings (SSSR count). The van der Waals surface area contributed by atoms with E-state index in [1.807, 2.05) is 0 Å². The highest BCUT2D eigenvalue weighted by Crippen LogP contribution is 2.14. The van der Waals surface area contributed by atoms with Gasteiger partial charge in [-0.05, 0) is 12.1 Å². The molecule has 0 fully saturated rings. The van der Waals surface area contributed by atoms with Gasteiger partial charge in [-0.2, -0.15) is 0 Å². The zero-order valence-electron chi connectivity index (χ0n) is 6.80. The molecule has 1 aromatic heterocycles. The zero-order chi connectivity index (χ0) is 10.3. The number of hydrogen-bond acceptors (Lipinski definition) is 2. The Balaban J connectivity index is 2.87. The topological polar surface area (TPSA) is 85.9 Å². The van der Waals surface area contributed by atoms with Gasteiger partial charge in [0.25, 0.3) is 5.56 Å². The fourth-order valence-corrected chi connectivity index (χ4v) is 1.25. The molecule has 5 nitrogen and oxygen atoms in total. The highest BCUT2D eigenvalue weighted by atomic mass is 19.1. The van der Waals surface area contributed by atoms with Crippen LogP contribution in [0, 0.1) is 5.82 Å². The normalized spacial score (nSPS) is 10.6. The van der Waals surface area contributed by atoms with Crippen molar-refractivity contribution in [3.05, 3.63) is 33.9 Å². The second kappa shape index (κ2) is 2.69. The minimum absolute atomic E-state index is 0.146. The summed E-state index contributed by atoms with van der Waals surface area (Å²) >= 11 is 0. The van der Waals surface area contributed by atoms with Crippen molar-refractivity contribution < 1.29 is 14.3 Å². The molecular weight excluding hydrogens is 191 g/mol. The van der Waals surface area contributed by atoms with E-state index in [1.165, 1.54) is 6.07 Å². The van der Waals surface area contributed by atoms with Crippen LogP contribution in [0.3, 0.4) is 0 Å². The number of carboxylic acids is 1. The predicted octanol–water partition coefficient (Wildman–Crippen LogP) is 0.694. The number of H-pyrrole nitrogens is 2. The van der Waals surface area contributed by atoms with E-state index >= 15 is 0 Å². The first-order valence-electron chi connectivity index (χ1n) is 3.73. The van der Waals surface area contributed by atoms with E-state index in [0.29, 0.717) is 0 Å². The van der Waals surface area contributed by atoms with Crippen LogP contribution in [0.5, 0.6) is 0 Å². The van der Waals surface area contributed by atoms with Crippen LogP contribution in [-0.2, 0) is 0 Å². The summed E-state index contributed by atoms with van der Waals surface area (Å²) in [5, 5.41) is 13.0. The van der Waals surface area contributed by atoms with E-state index in [-0.39, 0.29) is 16.5 Å². The van der Waals surface area contributed by atoms with Gasteiger partial charge in [0.1, 0.15) is 11.2 Å². The Labute approximate surface area is 76.2 Å². The van der Waals surface area contributed by atoms with Crippen molar-refractivity contribution in [1.29, 1.82) is 0 Å². The van der Waals surface area contributed by atoms with Crippen molar-refractivity contribution in [3.63, 3.8) is 0 Å². The van der Waals surface area contributed by atoms with Crippen LogP contribution in [0.1, 0.15) is 10.4 Å². The zero-order valence-corrected chi connectivity index (χ0v) is 6.80. The molecule has 1 aromatic carbocycles. The Hall–Kier alpha value is -2.11. The number of nitrogens with one attached hydrogen (secondary N) is 2. The summed E-state index contributed by atoms with van der Waals surface area (Å²) in [4.78, 5) is 21.5. The number of fused-ring (bicyclic) bond motifs is 1. The molecule has 0 saturated heterocycles. The lowest BCUT2D eigenvalue weighted by Crippen LogP contribution is -2.02.